The Bertz CT molecular complexity index is 69.6. The standard InChI is InChI=1S/2CH2O3.Ni.H2O/c2*2-1(3)4;;/h2*(H2,2,3,4);;1H2/q;;+2;/p-2. The second kappa shape index (κ2) is 15.7. The number of carboxylic acid groups (broad SMARTS) is 4. The molecule has 0 aliphatic heterocycles. The minimum atomic E-state index is -2.08. The predicted octanol–water partition coefficient (Wildman–Crippen LogP) is -3.05. The van der Waals surface area contributed by atoms with Gasteiger partial charge in [-0.2, -0.15) is 0 Å². The number of rotatable bonds is 0. The van der Waals surface area contributed by atoms with Crippen molar-refractivity contribution in [3.63, 3.8) is 0 Å². The largest absolute Gasteiger partial charge is 2.00 e. The zero-order valence-electron chi connectivity index (χ0n) is 4.34. The van der Waals surface area contributed by atoms with Crippen molar-refractivity contribution in [2.75, 3.05) is 0 Å². The smallest absolute Gasteiger partial charge is 0.565 e. The first kappa shape index (κ1) is 23.0. The molecule has 0 heterocycles. The van der Waals surface area contributed by atoms with Crippen molar-refractivity contribution in [2.45, 2.75) is 0 Å². The molecule has 0 unspecified atom stereocenters. The van der Waals surface area contributed by atoms with E-state index < -0.39 is 12.3 Å². The summed E-state index contributed by atoms with van der Waals surface area (Å²) in [6.45, 7) is 0. The molecule has 0 atom stereocenters. The fourth-order valence-corrected chi connectivity index (χ4v) is 0. The van der Waals surface area contributed by atoms with Crippen LogP contribution >= 0.6 is 0 Å². The maximum Gasteiger partial charge on any atom is 2.00 e. The van der Waals surface area contributed by atoms with Gasteiger partial charge in [0, 0.05) is 0 Å². The molecule has 8 heteroatoms. The summed E-state index contributed by atoms with van der Waals surface area (Å²) in [6, 6.07) is 0. The molecule has 0 aromatic heterocycles. The molecular weight excluding hydrogens is 195 g/mol. The second-order valence-electron chi connectivity index (χ2n) is 0.532. The van der Waals surface area contributed by atoms with Gasteiger partial charge in [-0.25, -0.2) is 0 Å². The summed E-state index contributed by atoms with van der Waals surface area (Å²) >= 11 is 0. The van der Waals surface area contributed by atoms with Gasteiger partial charge in [0.25, 0.3) is 0 Å². The summed E-state index contributed by atoms with van der Waals surface area (Å²) in [5, 5.41) is 30.6. The van der Waals surface area contributed by atoms with Gasteiger partial charge < -0.3 is 35.5 Å². The molecule has 0 fully saturated rings. The summed E-state index contributed by atoms with van der Waals surface area (Å²) in [4.78, 5) is 16.9. The van der Waals surface area contributed by atoms with Crippen LogP contribution in [0.25, 0.3) is 0 Å². The summed E-state index contributed by atoms with van der Waals surface area (Å²) in [5.74, 6) is 0. The average Bonchev–Trinajstić information content (AvgIpc) is 1.25. The zero-order valence-corrected chi connectivity index (χ0v) is 5.33. The van der Waals surface area contributed by atoms with Gasteiger partial charge in [0.15, 0.2) is 0 Å². The molecule has 0 saturated carbocycles. The van der Waals surface area contributed by atoms with Crippen molar-refractivity contribution in [2.24, 2.45) is 0 Å². The fraction of sp³-hybridized carbons (Fsp3) is 0. The van der Waals surface area contributed by atoms with Crippen molar-refractivity contribution in [3.8, 4) is 0 Å². The third kappa shape index (κ3) is 248. The Morgan fingerprint density at radius 3 is 1.00 bits per heavy atom. The van der Waals surface area contributed by atoms with Crippen LogP contribution in [0.15, 0.2) is 0 Å². The van der Waals surface area contributed by atoms with Crippen LogP contribution in [0.5, 0.6) is 0 Å². The third-order valence-electron chi connectivity index (χ3n) is 0. The van der Waals surface area contributed by atoms with Gasteiger partial charge in [0.1, 0.15) is 0 Å². The zero-order chi connectivity index (χ0) is 7.15. The molecule has 0 spiro atoms. The Hall–Kier alpha value is -1.01. The van der Waals surface area contributed by atoms with Crippen molar-refractivity contribution in [1.82, 2.24) is 0 Å². The average molecular weight is 199 g/mol. The van der Waals surface area contributed by atoms with E-state index in [4.69, 9.17) is 30.0 Å². The number of carbonyl (C=O) groups is 2. The first-order valence-corrected chi connectivity index (χ1v) is 1.26. The minimum absolute atomic E-state index is 0. The summed E-state index contributed by atoms with van der Waals surface area (Å²) in [5.41, 5.74) is 0. The van der Waals surface area contributed by atoms with E-state index in [2.05, 4.69) is 0 Å². The molecule has 0 aliphatic rings. The number of hydrogen-bond acceptors (Lipinski definition) is 4. The van der Waals surface area contributed by atoms with Crippen LogP contribution < -0.4 is 10.2 Å². The van der Waals surface area contributed by atoms with Crippen LogP contribution in [0.3, 0.4) is 0 Å². The molecule has 0 amide bonds. The monoisotopic (exact) mass is 198 g/mol. The molecule has 7 nitrogen and oxygen atoms in total. The summed E-state index contributed by atoms with van der Waals surface area (Å²) in [6.07, 6.45) is -4.17. The third-order valence-corrected chi connectivity index (χ3v) is 0. The Morgan fingerprint density at radius 2 is 1.00 bits per heavy atom. The van der Waals surface area contributed by atoms with E-state index >= 15 is 0 Å². The first-order valence-electron chi connectivity index (χ1n) is 1.26. The Kier molecular flexibility index (Phi) is 36.1. The Labute approximate surface area is 65.1 Å². The Balaban J connectivity index is -0.0000000300. The summed E-state index contributed by atoms with van der Waals surface area (Å²) < 4.78 is 0. The molecule has 0 rings (SSSR count). The van der Waals surface area contributed by atoms with E-state index in [1.807, 2.05) is 0 Å². The fourth-order valence-electron chi connectivity index (χ4n) is 0. The van der Waals surface area contributed by atoms with Gasteiger partial charge in [-0.1, -0.05) is 0 Å². The number of hydrogen-bond donors (Lipinski definition) is 2. The van der Waals surface area contributed by atoms with E-state index in [-0.39, 0.29) is 22.0 Å². The molecule has 0 aliphatic carbocycles. The molecule has 0 bridgehead atoms. The molecule has 0 radical (unpaired) electrons. The van der Waals surface area contributed by atoms with Crippen LogP contribution in [0.2, 0.25) is 0 Å². The van der Waals surface area contributed by atoms with Crippen LogP contribution in [0, 0.1) is 0 Å². The quantitative estimate of drug-likeness (QED) is 0.395. The normalized spacial score (nSPS) is 4.80. The maximum atomic E-state index is 8.44. The van der Waals surface area contributed by atoms with Gasteiger partial charge in [-0.05, 0) is 0 Å². The summed E-state index contributed by atoms with van der Waals surface area (Å²) in [7, 11) is 0. The van der Waals surface area contributed by atoms with E-state index in [1.165, 1.54) is 0 Å². The molecule has 0 aromatic rings. The van der Waals surface area contributed by atoms with Crippen LogP contribution in [0.4, 0.5) is 9.59 Å². The van der Waals surface area contributed by atoms with Gasteiger partial charge in [0.2, 0.25) is 12.3 Å². The molecule has 4 N–H and O–H groups in total. The maximum absolute atomic E-state index is 8.44. The Morgan fingerprint density at radius 1 is 1.00 bits per heavy atom. The first-order chi connectivity index (χ1) is 3.46. The van der Waals surface area contributed by atoms with E-state index in [0.29, 0.717) is 0 Å². The molecule has 64 valence electrons. The molecule has 0 saturated heterocycles. The van der Waals surface area contributed by atoms with E-state index in [0.717, 1.165) is 0 Å². The van der Waals surface area contributed by atoms with Crippen molar-refractivity contribution in [3.05, 3.63) is 0 Å². The van der Waals surface area contributed by atoms with Crippen molar-refractivity contribution < 1.29 is 52.0 Å². The van der Waals surface area contributed by atoms with Crippen LogP contribution in [-0.4, -0.2) is 28.0 Å². The minimum Gasteiger partial charge on any atom is -0.565 e. The van der Waals surface area contributed by atoms with Gasteiger partial charge in [-0.15, -0.1) is 0 Å². The van der Waals surface area contributed by atoms with Crippen LogP contribution in [0.1, 0.15) is 0 Å². The SMILES string of the molecule is O.O=C([O-])O.O=C([O-])O.[Ni+2]. The van der Waals surface area contributed by atoms with Gasteiger partial charge in [0.05, 0.1) is 0 Å². The van der Waals surface area contributed by atoms with Gasteiger partial charge in [-0.3, -0.25) is 0 Å². The van der Waals surface area contributed by atoms with Gasteiger partial charge >= 0.3 is 16.5 Å². The predicted molar refractivity (Wildman–Crippen MR) is 19.7 cm³/mol. The molecule has 10 heavy (non-hydrogen) atoms. The second-order valence-corrected chi connectivity index (χ2v) is 0.532. The van der Waals surface area contributed by atoms with Crippen molar-refractivity contribution >= 4 is 12.3 Å². The molecular formula is C2H4NiO7. The van der Waals surface area contributed by atoms with Crippen molar-refractivity contribution in [1.29, 1.82) is 0 Å². The van der Waals surface area contributed by atoms with Crippen LogP contribution in [-0.2, 0) is 16.5 Å². The molecule has 0 aromatic carbocycles. The van der Waals surface area contributed by atoms with E-state index in [1.54, 1.807) is 0 Å². The van der Waals surface area contributed by atoms with E-state index in [9.17, 15) is 0 Å². The topological polar surface area (TPSA) is 152 Å².